The Balaban J connectivity index is 1.44. The van der Waals surface area contributed by atoms with Gasteiger partial charge in [0.25, 0.3) is 5.56 Å². The molecule has 0 spiro atoms. The Morgan fingerprint density at radius 2 is 1.89 bits per heavy atom. The highest BCUT2D eigenvalue weighted by Gasteiger charge is 2.44. The Hall–Kier alpha value is -3.28. The first-order chi connectivity index (χ1) is 13.6. The van der Waals surface area contributed by atoms with Crippen molar-refractivity contribution in [1.82, 2.24) is 20.3 Å². The highest BCUT2D eigenvalue weighted by Crippen LogP contribution is 2.47. The summed E-state index contributed by atoms with van der Waals surface area (Å²) in [6, 6.07) is 15.7. The SMILES string of the molecule is Cc1nc(-c2ccccn2)[nH]c(=O)c1CC(=O)NCC1(c2ccccc2)CC1. The number of carbonyl (C=O) groups is 1. The van der Waals surface area contributed by atoms with Crippen LogP contribution in [0.3, 0.4) is 0 Å². The van der Waals surface area contributed by atoms with Gasteiger partial charge in [-0.15, -0.1) is 0 Å². The van der Waals surface area contributed by atoms with E-state index >= 15 is 0 Å². The molecule has 28 heavy (non-hydrogen) atoms. The molecular formula is C22H22N4O2. The van der Waals surface area contributed by atoms with Gasteiger partial charge in [0.2, 0.25) is 5.91 Å². The average Bonchev–Trinajstić information content (AvgIpc) is 3.52. The number of rotatable bonds is 6. The summed E-state index contributed by atoms with van der Waals surface area (Å²) < 4.78 is 0. The van der Waals surface area contributed by atoms with Crippen molar-refractivity contribution >= 4 is 5.91 Å². The van der Waals surface area contributed by atoms with Crippen LogP contribution in [0, 0.1) is 6.92 Å². The van der Waals surface area contributed by atoms with Gasteiger partial charge in [0.05, 0.1) is 6.42 Å². The second-order valence-corrected chi connectivity index (χ2v) is 7.29. The van der Waals surface area contributed by atoms with E-state index in [1.165, 1.54) is 5.56 Å². The molecule has 4 rings (SSSR count). The Morgan fingerprint density at radius 3 is 2.54 bits per heavy atom. The number of amides is 1. The molecule has 1 aromatic carbocycles. The van der Waals surface area contributed by atoms with Crippen LogP contribution in [0.5, 0.6) is 0 Å². The third-order valence-corrected chi connectivity index (χ3v) is 5.33. The topological polar surface area (TPSA) is 87.7 Å². The molecule has 2 aromatic heterocycles. The lowest BCUT2D eigenvalue weighted by atomic mass is 9.96. The van der Waals surface area contributed by atoms with E-state index in [1.54, 1.807) is 25.3 Å². The monoisotopic (exact) mass is 374 g/mol. The van der Waals surface area contributed by atoms with Crippen LogP contribution in [0.25, 0.3) is 11.5 Å². The normalized spacial score (nSPS) is 14.5. The highest BCUT2D eigenvalue weighted by molar-refractivity contribution is 5.79. The maximum Gasteiger partial charge on any atom is 0.255 e. The van der Waals surface area contributed by atoms with Crippen LogP contribution in [-0.2, 0) is 16.6 Å². The van der Waals surface area contributed by atoms with Gasteiger partial charge in [0, 0.05) is 29.4 Å². The van der Waals surface area contributed by atoms with Crippen LogP contribution in [0.4, 0.5) is 0 Å². The van der Waals surface area contributed by atoms with Gasteiger partial charge < -0.3 is 10.3 Å². The van der Waals surface area contributed by atoms with Crippen molar-refractivity contribution in [2.75, 3.05) is 6.54 Å². The molecule has 0 radical (unpaired) electrons. The zero-order valence-corrected chi connectivity index (χ0v) is 15.7. The van der Waals surface area contributed by atoms with Gasteiger partial charge in [0.15, 0.2) is 5.82 Å². The molecule has 2 heterocycles. The molecule has 1 saturated carbocycles. The van der Waals surface area contributed by atoms with Gasteiger partial charge in [0.1, 0.15) is 5.69 Å². The molecule has 0 bridgehead atoms. The van der Waals surface area contributed by atoms with E-state index in [9.17, 15) is 9.59 Å². The zero-order chi connectivity index (χ0) is 19.6. The largest absolute Gasteiger partial charge is 0.355 e. The minimum absolute atomic E-state index is 0.0154. The van der Waals surface area contributed by atoms with E-state index < -0.39 is 0 Å². The summed E-state index contributed by atoms with van der Waals surface area (Å²) in [4.78, 5) is 36.3. The lowest BCUT2D eigenvalue weighted by molar-refractivity contribution is -0.120. The summed E-state index contributed by atoms with van der Waals surface area (Å²) in [7, 11) is 0. The fourth-order valence-electron chi connectivity index (χ4n) is 3.44. The molecule has 142 valence electrons. The number of benzene rings is 1. The van der Waals surface area contributed by atoms with E-state index in [0.29, 0.717) is 29.3 Å². The number of nitrogens with zero attached hydrogens (tertiary/aromatic N) is 2. The standard InChI is InChI=1S/C22H22N4O2/c1-15-17(21(28)26-20(25-15)18-9-5-6-12-23-18)13-19(27)24-14-22(10-11-22)16-7-3-2-4-8-16/h2-9,12H,10-11,13-14H2,1H3,(H,24,27)(H,25,26,28). The van der Waals surface area contributed by atoms with Crippen molar-refractivity contribution in [3.05, 3.63) is 81.9 Å². The van der Waals surface area contributed by atoms with Gasteiger partial charge in [-0.1, -0.05) is 36.4 Å². The molecule has 1 fully saturated rings. The van der Waals surface area contributed by atoms with Gasteiger partial charge in [-0.25, -0.2) is 4.98 Å². The molecule has 6 nitrogen and oxygen atoms in total. The predicted molar refractivity (Wildman–Crippen MR) is 107 cm³/mol. The number of nitrogens with one attached hydrogen (secondary N) is 2. The zero-order valence-electron chi connectivity index (χ0n) is 15.7. The second kappa shape index (κ2) is 7.38. The molecule has 2 N–H and O–H groups in total. The lowest BCUT2D eigenvalue weighted by Gasteiger charge is -2.16. The minimum Gasteiger partial charge on any atom is -0.355 e. The number of aryl methyl sites for hydroxylation is 1. The van der Waals surface area contributed by atoms with Gasteiger partial charge in [-0.2, -0.15) is 0 Å². The smallest absolute Gasteiger partial charge is 0.255 e. The lowest BCUT2D eigenvalue weighted by Crippen LogP contribution is -2.34. The summed E-state index contributed by atoms with van der Waals surface area (Å²) in [5.41, 5.74) is 2.53. The fraction of sp³-hybridized carbons (Fsp3) is 0.273. The number of pyridine rings is 1. The number of aromatic nitrogens is 3. The molecule has 0 saturated heterocycles. The van der Waals surface area contributed by atoms with Crippen molar-refractivity contribution < 1.29 is 4.79 Å². The van der Waals surface area contributed by atoms with E-state index in [0.717, 1.165) is 12.8 Å². The number of hydrogen-bond donors (Lipinski definition) is 2. The third kappa shape index (κ3) is 3.71. The van der Waals surface area contributed by atoms with Crippen molar-refractivity contribution in [2.45, 2.75) is 31.6 Å². The van der Waals surface area contributed by atoms with Gasteiger partial charge >= 0.3 is 0 Å². The maximum atomic E-state index is 12.5. The van der Waals surface area contributed by atoms with Crippen molar-refractivity contribution in [1.29, 1.82) is 0 Å². The quantitative estimate of drug-likeness (QED) is 0.694. The summed E-state index contributed by atoms with van der Waals surface area (Å²) >= 11 is 0. The molecule has 0 atom stereocenters. The Bertz CT molecular complexity index is 1040. The molecular weight excluding hydrogens is 352 g/mol. The van der Waals surface area contributed by atoms with E-state index in [1.807, 2.05) is 24.3 Å². The second-order valence-electron chi connectivity index (χ2n) is 7.29. The van der Waals surface area contributed by atoms with E-state index in [2.05, 4.69) is 32.4 Å². The first kappa shape index (κ1) is 18.1. The maximum absolute atomic E-state index is 12.5. The summed E-state index contributed by atoms with van der Waals surface area (Å²) in [5, 5.41) is 3.00. The Kier molecular flexibility index (Phi) is 4.77. The van der Waals surface area contributed by atoms with Crippen LogP contribution in [0.15, 0.2) is 59.5 Å². The summed E-state index contributed by atoms with van der Waals surface area (Å²) in [5.74, 6) is 0.247. The third-order valence-electron chi connectivity index (χ3n) is 5.33. The molecule has 6 heteroatoms. The van der Waals surface area contributed by atoms with Crippen LogP contribution >= 0.6 is 0 Å². The summed E-state index contributed by atoms with van der Waals surface area (Å²) in [6.45, 7) is 2.34. The van der Waals surface area contributed by atoms with E-state index in [-0.39, 0.29) is 23.3 Å². The van der Waals surface area contributed by atoms with Crippen molar-refractivity contribution in [2.24, 2.45) is 0 Å². The van der Waals surface area contributed by atoms with Gasteiger partial charge in [-0.05, 0) is 37.5 Å². The molecule has 3 aromatic rings. The van der Waals surface area contributed by atoms with Crippen molar-refractivity contribution in [3.63, 3.8) is 0 Å². The summed E-state index contributed by atoms with van der Waals surface area (Å²) in [6.07, 6.45) is 3.79. The molecule has 1 aliphatic rings. The number of H-pyrrole nitrogens is 1. The molecule has 0 unspecified atom stereocenters. The molecule has 1 amide bonds. The van der Waals surface area contributed by atoms with Crippen LogP contribution in [0.2, 0.25) is 0 Å². The minimum atomic E-state index is -0.299. The molecule has 1 aliphatic carbocycles. The van der Waals surface area contributed by atoms with Crippen LogP contribution in [0.1, 0.15) is 29.7 Å². The van der Waals surface area contributed by atoms with Crippen LogP contribution in [-0.4, -0.2) is 27.4 Å². The van der Waals surface area contributed by atoms with E-state index in [4.69, 9.17) is 0 Å². The molecule has 0 aliphatic heterocycles. The Morgan fingerprint density at radius 1 is 1.14 bits per heavy atom. The number of aromatic amines is 1. The highest BCUT2D eigenvalue weighted by atomic mass is 16.2. The fourth-order valence-corrected chi connectivity index (χ4v) is 3.44. The van der Waals surface area contributed by atoms with Gasteiger partial charge in [-0.3, -0.25) is 14.6 Å². The first-order valence-electron chi connectivity index (χ1n) is 9.41. The average molecular weight is 374 g/mol. The Labute approximate surface area is 163 Å². The van der Waals surface area contributed by atoms with Crippen molar-refractivity contribution in [3.8, 4) is 11.5 Å². The predicted octanol–water partition coefficient (Wildman–Crippen LogP) is 2.53. The first-order valence-corrected chi connectivity index (χ1v) is 9.41. The van der Waals surface area contributed by atoms with Crippen LogP contribution < -0.4 is 10.9 Å². The number of carbonyl (C=O) groups excluding carboxylic acids is 1. The number of hydrogen-bond acceptors (Lipinski definition) is 4.